The van der Waals surface area contributed by atoms with Gasteiger partial charge >= 0.3 is 5.97 Å². The molecule has 2 heterocycles. The summed E-state index contributed by atoms with van der Waals surface area (Å²) in [4.78, 5) is 32.9. The van der Waals surface area contributed by atoms with Crippen molar-refractivity contribution in [2.45, 2.75) is 63.5 Å². The number of hydrogen-bond donors (Lipinski definition) is 1. The lowest BCUT2D eigenvalue weighted by Crippen LogP contribution is -2.50. The van der Waals surface area contributed by atoms with Crippen molar-refractivity contribution in [1.82, 2.24) is 9.88 Å². The van der Waals surface area contributed by atoms with E-state index in [0.717, 1.165) is 47.3 Å². The fourth-order valence-electron chi connectivity index (χ4n) is 5.12. The fraction of sp³-hybridized carbons (Fsp3) is 0.393. The highest BCUT2D eigenvalue weighted by molar-refractivity contribution is 7.09. The molecule has 0 spiro atoms. The van der Waals surface area contributed by atoms with E-state index in [4.69, 9.17) is 14.2 Å². The van der Waals surface area contributed by atoms with E-state index in [-0.39, 0.29) is 25.0 Å². The summed E-state index contributed by atoms with van der Waals surface area (Å²) in [5.74, 6) is -0.366. The number of hydrogen-bond acceptors (Lipinski definition) is 7. The number of thiazole rings is 1. The molecule has 3 aromatic rings. The van der Waals surface area contributed by atoms with Gasteiger partial charge in [0.1, 0.15) is 12.6 Å². The van der Waals surface area contributed by atoms with Gasteiger partial charge in [-0.05, 0) is 30.0 Å². The molecule has 1 saturated carbocycles. The lowest BCUT2D eigenvalue weighted by Gasteiger charge is -2.37. The Kier molecular flexibility index (Phi) is 7.71. The lowest BCUT2D eigenvalue weighted by atomic mass is 9.91. The van der Waals surface area contributed by atoms with Gasteiger partial charge in [-0.1, -0.05) is 49.2 Å². The van der Waals surface area contributed by atoms with Crippen LogP contribution in [0.25, 0.3) is 0 Å². The average molecular weight is 523 g/mol. The summed E-state index contributed by atoms with van der Waals surface area (Å²) in [5.41, 5.74) is 4.04. The average Bonchev–Trinajstić information content (AvgIpc) is 3.64. The Hall–Kier alpha value is -3.43. The zero-order valence-electron chi connectivity index (χ0n) is 20.7. The van der Waals surface area contributed by atoms with Crippen LogP contribution in [0.5, 0.6) is 11.5 Å². The van der Waals surface area contributed by atoms with E-state index in [1.165, 1.54) is 16.2 Å². The molecule has 1 aromatic heterocycles. The van der Waals surface area contributed by atoms with Gasteiger partial charge < -0.3 is 24.2 Å². The van der Waals surface area contributed by atoms with Crippen LogP contribution in [0.2, 0.25) is 0 Å². The number of carboxylic acids is 1. The minimum Gasteiger partial charge on any atom is -0.493 e. The summed E-state index contributed by atoms with van der Waals surface area (Å²) in [6.45, 7) is 0.437. The van der Waals surface area contributed by atoms with Crippen LogP contribution in [-0.4, -0.2) is 46.1 Å². The van der Waals surface area contributed by atoms with Gasteiger partial charge in [0.25, 0.3) is 5.91 Å². The smallest absolute Gasteiger partial charge is 0.326 e. The third-order valence-corrected chi connectivity index (χ3v) is 7.78. The molecule has 5 rings (SSSR count). The summed E-state index contributed by atoms with van der Waals surface area (Å²) in [6.07, 6.45) is 4.93. The van der Waals surface area contributed by atoms with Crippen LogP contribution in [0, 0.1) is 0 Å². The predicted octanol–water partition coefficient (Wildman–Crippen LogP) is 4.77. The maximum Gasteiger partial charge on any atom is 0.326 e. The van der Waals surface area contributed by atoms with E-state index in [1.807, 2.05) is 36.4 Å². The molecular weight excluding hydrogens is 492 g/mol. The number of aromatic nitrogens is 1. The number of ether oxygens (including phenoxy) is 3. The number of fused-ring (bicyclic) bond motifs is 1. The highest BCUT2D eigenvalue weighted by Gasteiger charge is 2.41. The first kappa shape index (κ1) is 25.2. The maximum atomic E-state index is 14.0. The van der Waals surface area contributed by atoms with Crippen LogP contribution in [0.3, 0.4) is 0 Å². The van der Waals surface area contributed by atoms with E-state index >= 15 is 0 Å². The number of carbonyl (C=O) groups is 2. The zero-order valence-corrected chi connectivity index (χ0v) is 21.5. The van der Waals surface area contributed by atoms with Crippen LogP contribution in [0.4, 0.5) is 0 Å². The molecular formula is C28H30N2O6S. The zero-order chi connectivity index (χ0) is 25.8. The Morgan fingerprint density at radius 2 is 1.95 bits per heavy atom. The maximum absolute atomic E-state index is 14.0. The van der Waals surface area contributed by atoms with Crippen molar-refractivity contribution in [3.63, 3.8) is 0 Å². The van der Waals surface area contributed by atoms with E-state index < -0.39 is 18.1 Å². The molecule has 0 saturated heterocycles. The molecule has 1 fully saturated rings. The molecule has 0 bridgehead atoms. The van der Waals surface area contributed by atoms with Crippen LogP contribution in [-0.2, 0) is 33.9 Å². The largest absolute Gasteiger partial charge is 0.493 e. The number of benzene rings is 2. The molecule has 2 atom stereocenters. The van der Waals surface area contributed by atoms with Crippen molar-refractivity contribution in [2.75, 3.05) is 7.11 Å². The third kappa shape index (κ3) is 5.47. The number of rotatable bonds is 9. The Morgan fingerprint density at radius 3 is 2.62 bits per heavy atom. The van der Waals surface area contributed by atoms with Gasteiger partial charge in [-0.25, -0.2) is 4.79 Å². The fourth-order valence-corrected chi connectivity index (χ4v) is 5.62. The normalized spacial score (nSPS) is 18.3. The number of methoxy groups -OCH3 is 1. The molecule has 1 unspecified atom stereocenters. The Bertz CT molecular complexity index is 1230. The highest BCUT2D eigenvalue weighted by Crippen LogP contribution is 2.40. The topological polar surface area (TPSA) is 98.2 Å². The van der Waals surface area contributed by atoms with Gasteiger partial charge in [-0.3, -0.25) is 9.78 Å². The minimum absolute atomic E-state index is 0.00878. The summed E-state index contributed by atoms with van der Waals surface area (Å²) in [6, 6.07) is 12.0. The quantitative estimate of drug-likeness (QED) is 0.432. The Morgan fingerprint density at radius 1 is 1.16 bits per heavy atom. The first-order valence-corrected chi connectivity index (χ1v) is 13.4. The van der Waals surface area contributed by atoms with Gasteiger partial charge in [-0.15, -0.1) is 11.3 Å². The minimum atomic E-state index is -1.07. The van der Waals surface area contributed by atoms with Gasteiger partial charge in [-0.2, -0.15) is 0 Å². The molecule has 1 N–H and O–H groups in total. The molecule has 1 aliphatic carbocycles. The van der Waals surface area contributed by atoms with Gasteiger partial charge in [0, 0.05) is 24.7 Å². The van der Waals surface area contributed by atoms with Crippen molar-refractivity contribution in [2.24, 2.45) is 0 Å². The second kappa shape index (κ2) is 11.3. The molecule has 2 aliphatic rings. The molecule has 194 valence electrons. The first-order chi connectivity index (χ1) is 18.0. The third-order valence-electron chi connectivity index (χ3n) is 7.02. The van der Waals surface area contributed by atoms with E-state index in [2.05, 4.69) is 4.98 Å². The van der Waals surface area contributed by atoms with Crippen molar-refractivity contribution >= 4 is 23.2 Å². The van der Waals surface area contributed by atoms with Crippen LogP contribution < -0.4 is 9.47 Å². The lowest BCUT2D eigenvalue weighted by molar-refractivity contribution is -0.160. The number of carbonyl (C=O) groups excluding carboxylic acids is 1. The van der Waals surface area contributed by atoms with E-state index in [1.54, 1.807) is 24.9 Å². The molecule has 0 radical (unpaired) electrons. The summed E-state index contributed by atoms with van der Waals surface area (Å²) >= 11 is 1.48. The van der Waals surface area contributed by atoms with Crippen molar-refractivity contribution in [3.05, 3.63) is 75.7 Å². The first-order valence-electron chi connectivity index (χ1n) is 12.5. The number of nitrogens with zero attached hydrogens (tertiary/aromatic N) is 2. The molecule has 37 heavy (non-hydrogen) atoms. The molecule has 2 aromatic carbocycles. The van der Waals surface area contributed by atoms with Crippen LogP contribution >= 0.6 is 11.3 Å². The van der Waals surface area contributed by atoms with Gasteiger partial charge in [0.15, 0.2) is 17.6 Å². The second-order valence-corrected chi connectivity index (χ2v) is 10.3. The SMILES string of the molecule is COc1ccc2c(c1OCc1cncs1)C[C@H](C(=O)O)N(C(=O)C(OC1CCCC1)c1ccccc1)C2. The van der Waals surface area contributed by atoms with Gasteiger partial charge in [0.2, 0.25) is 0 Å². The predicted molar refractivity (Wildman–Crippen MR) is 138 cm³/mol. The highest BCUT2D eigenvalue weighted by atomic mass is 32.1. The number of aliphatic carboxylic acids is 1. The van der Waals surface area contributed by atoms with Crippen molar-refractivity contribution < 1.29 is 28.9 Å². The summed E-state index contributed by atoms with van der Waals surface area (Å²) in [7, 11) is 1.55. The summed E-state index contributed by atoms with van der Waals surface area (Å²) in [5, 5.41) is 10.2. The number of amides is 1. The monoisotopic (exact) mass is 522 g/mol. The van der Waals surface area contributed by atoms with Crippen LogP contribution in [0.15, 0.2) is 54.2 Å². The van der Waals surface area contributed by atoms with Crippen molar-refractivity contribution in [1.29, 1.82) is 0 Å². The van der Waals surface area contributed by atoms with E-state index in [0.29, 0.717) is 18.1 Å². The molecule has 1 aliphatic heterocycles. The molecule has 9 heteroatoms. The van der Waals surface area contributed by atoms with E-state index in [9.17, 15) is 14.7 Å². The van der Waals surface area contributed by atoms with Crippen LogP contribution in [0.1, 0.15) is 53.4 Å². The Labute approximate surface area is 219 Å². The molecule has 8 nitrogen and oxygen atoms in total. The second-order valence-electron chi connectivity index (χ2n) is 9.35. The Balaban J connectivity index is 1.46. The standard InChI is InChI=1S/C28H30N2O6S/c1-34-24-12-11-19-15-30(23(28(32)33)13-22(19)26(24)35-16-21-14-29-17-37-21)27(31)25(18-7-3-2-4-8-18)36-20-9-5-6-10-20/h2-4,7-8,11-12,14,17,20,23,25H,5-6,9-10,13,15-16H2,1H3,(H,32,33)/t23-,25?/m1/s1. The number of carboxylic acid groups (broad SMARTS) is 1. The van der Waals surface area contributed by atoms with Gasteiger partial charge in [0.05, 0.1) is 23.6 Å². The molecule has 1 amide bonds. The summed E-state index contributed by atoms with van der Waals surface area (Å²) < 4.78 is 18.0. The van der Waals surface area contributed by atoms with Crippen molar-refractivity contribution in [3.8, 4) is 11.5 Å².